The standard InChI is InChI=1S/C17H14ClFN2O3S/c1-3-12-5-4-6-14(9-12)21(11-17(22)20-2)25(23,24)16-8-7-13(19)10-15(16)18/h1,4-10H,11H2,2H3,(H,20,22). The molecule has 0 saturated carbocycles. The average Bonchev–Trinajstić information content (AvgIpc) is 2.58. The molecule has 2 aromatic carbocycles. The lowest BCUT2D eigenvalue weighted by molar-refractivity contribution is -0.119. The molecule has 0 saturated heterocycles. The quantitative estimate of drug-likeness (QED) is 0.810. The number of carbonyl (C=O) groups is 1. The Kier molecular flexibility index (Phi) is 5.67. The molecule has 5 nitrogen and oxygen atoms in total. The van der Waals surface area contributed by atoms with Gasteiger partial charge in [-0.25, -0.2) is 12.8 Å². The molecule has 0 unspecified atom stereocenters. The van der Waals surface area contributed by atoms with Crippen LogP contribution in [-0.2, 0) is 14.8 Å². The van der Waals surface area contributed by atoms with Gasteiger partial charge in [0.2, 0.25) is 5.91 Å². The van der Waals surface area contributed by atoms with Crippen LogP contribution in [0.5, 0.6) is 0 Å². The van der Waals surface area contributed by atoms with Crippen molar-refractivity contribution in [3.05, 3.63) is 58.9 Å². The zero-order valence-corrected chi connectivity index (χ0v) is 14.7. The Morgan fingerprint density at radius 2 is 2.04 bits per heavy atom. The van der Waals surface area contributed by atoms with E-state index in [2.05, 4.69) is 11.2 Å². The minimum atomic E-state index is -4.23. The fourth-order valence-corrected chi connectivity index (χ4v) is 4.00. The first kappa shape index (κ1) is 18.8. The number of amides is 1. The number of likely N-dealkylation sites (N-methyl/N-ethyl adjacent to an activating group) is 1. The molecule has 0 spiro atoms. The van der Waals surface area contributed by atoms with Crippen LogP contribution in [0.3, 0.4) is 0 Å². The topological polar surface area (TPSA) is 66.5 Å². The molecule has 0 aliphatic carbocycles. The van der Waals surface area contributed by atoms with Gasteiger partial charge in [-0.05, 0) is 36.4 Å². The predicted octanol–water partition coefficient (Wildman–Crippen LogP) is 2.40. The molecule has 0 atom stereocenters. The zero-order valence-electron chi connectivity index (χ0n) is 13.2. The van der Waals surface area contributed by atoms with Crippen molar-refractivity contribution in [1.82, 2.24) is 5.32 Å². The van der Waals surface area contributed by atoms with Gasteiger partial charge in [0, 0.05) is 12.6 Å². The Bertz CT molecular complexity index is 955. The molecule has 8 heteroatoms. The number of carbonyl (C=O) groups excluding carboxylic acids is 1. The second-order valence-electron chi connectivity index (χ2n) is 4.95. The Morgan fingerprint density at radius 3 is 2.64 bits per heavy atom. The van der Waals surface area contributed by atoms with Gasteiger partial charge in [-0.15, -0.1) is 6.42 Å². The highest BCUT2D eigenvalue weighted by atomic mass is 35.5. The van der Waals surface area contributed by atoms with Gasteiger partial charge in [-0.3, -0.25) is 9.10 Å². The number of benzene rings is 2. The summed E-state index contributed by atoms with van der Waals surface area (Å²) in [6, 6.07) is 9.08. The number of terminal acetylenes is 1. The molecule has 130 valence electrons. The Hall–Kier alpha value is -2.56. The van der Waals surface area contributed by atoms with Crippen molar-refractivity contribution in [3.63, 3.8) is 0 Å². The van der Waals surface area contributed by atoms with E-state index in [4.69, 9.17) is 18.0 Å². The zero-order chi connectivity index (χ0) is 18.6. The van der Waals surface area contributed by atoms with Gasteiger partial charge in [0.1, 0.15) is 17.3 Å². The summed E-state index contributed by atoms with van der Waals surface area (Å²) in [4.78, 5) is 11.5. The highest BCUT2D eigenvalue weighted by Crippen LogP contribution is 2.29. The molecule has 0 fully saturated rings. The average molecular weight is 381 g/mol. The van der Waals surface area contributed by atoms with Crippen molar-refractivity contribution in [2.75, 3.05) is 17.9 Å². The molecular formula is C17H14ClFN2O3S. The fraction of sp³-hybridized carbons (Fsp3) is 0.118. The van der Waals surface area contributed by atoms with Crippen molar-refractivity contribution in [2.45, 2.75) is 4.90 Å². The number of anilines is 1. The van der Waals surface area contributed by atoms with Gasteiger partial charge in [0.15, 0.2) is 0 Å². The molecule has 0 aliphatic rings. The molecule has 0 aliphatic heterocycles. The second kappa shape index (κ2) is 7.55. The van der Waals surface area contributed by atoms with E-state index in [0.29, 0.717) is 5.56 Å². The molecule has 0 radical (unpaired) electrons. The van der Waals surface area contributed by atoms with E-state index in [0.717, 1.165) is 22.5 Å². The van der Waals surface area contributed by atoms with Crippen LogP contribution in [0, 0.1) is 18.2 Å². The van der Waals surface area contributed by atoms with Gasteiger partial charge in [0.25, 0.3) is 10.0 Å². The van der Waals surface area contributed by atoms with E-state index in [9.17, 15) is 17.6 Å². The minimum Gasteiger partial charge on any atom is -0.358 e. The van der Waals surface area contributed by atoms with Gasteiger partial charge in [0.05, 0.1) is 10.7 Å². The number of sulfonamides is 1. The maximum Gasteiger partial charge on any atom is 0.266 e. The highest BCUT2D eigenvalue weighted by molar-refractivity contribution is 7.93. The maximum absolute atomic E-state index is 13.2. The third-order valence-corrected chi connectivity index (χ3v) is 5.59. The third-order valence-electron chi connectivity index (χ3n) is 3.33. The first-order valence-electron chi connectivity index (χ1n) is 7.04. The molecule has 0 heterocycles. The van der Waals surface area contributed by atoms with Crippen molar-refractivity contribution in [1.29, 1.82) is 0 Å². The SMILES string of the molecule is C#Cc1cccc(N(CC(=O)NC)S(=O)(=O)c2ccc(F)cc2Cl)c1. The number of hydrogen-bond donors (Lipinski definition) is 1. The molecule has 1 amide bonds. The van der Waals surface area contributed by atoms with Gasteiger partial charge in [-0.2, -0.15) is 0 Å². The number of hydrogen-bond acceptors (Lipinski definition) is 3. The van der Waals surface area contributed by atoms with E-state index in [-0.39, 0.29) is 15.6 Å². The predicted molar refractivity (Wildman–Crippen MR) is 94.4 cm³/mol. The minimum absolute atomic E-state index is 0.194. The van der Waals surface area contributed by atoms with Gasteiger partial charge < -0.3 is 5.32 Å². The number of halogens is 2. The summed E-state index contributed by atoms with van der Waals surface area (Å²) in [5, 5.41) is 2.08. The number of rotatable bonds is 5. The second-order valence-corrected chi connectivity index (χ2v) is 7.19. The smallest absolute Gasteiger partial charge is 0.266 e. The number of nitrogens with one attached hydrogen (secondary N) is 1. The van der Waals surface area contributed by atoms with Crippen LogP contribution < -0.4 is 9.62 Å². The summed E-state index contributed by atoms with van der Waals surface area (Å²) in [5.74, 6) is 1.20. The van der Waals surface area contributed by atoms with Crippen molar-refractivity contribution in [3.8, 4) is 12.3 Å². The largest absolute Gasteiger partial charge is 0.358 e. The summed E-state index contributed by atoms with van der Waals surface area (Å²) in [6.45, 7) is -0.486. The lowest BCUT2D eigenvalue weighted by atomic mass is 10.2. The first-order chi connectivity index (χ1) is 11.8. The lowest BCUT2D eigenvalue weighted by Gasteiger charge is -2.24. The molecular weight excluding hydrogens is 367 g/mol. The van der Waals surface area contributed by atoms with Crippen LogP contribution in [0.2, 0.25) is 5.02 Å². The summed E-state index contributed by atoms with van der Waals surface area (Å²) in [7, 11) is -2.84. The van der Waals surface area contributed by atoms with E-state index in [1.807, 2.05) is 0 Å². The van der Waals surface area contributed by atoms with Crippen LogP contribution in [0.25, 0.3) is 0 Å². The van der Waals surface area contributed by atoms with E-state index in [1.54, 1.807) is 12.1 Å². The Morgan fingerprint density at radius 1 is 1.32 bits per heavy atom. The molecule has 2 aromatic rings. The Labute approximate surface area is 150 Å². The van der Waals surface area contributed by atoms with E-state index >= 15 is 0 Å². The monoisotopic (exact) mass is 380 g/mol. The van der Waals surface area contributed by atoms with Crippen LogP contribution in [0.1, 0.15) is 5.56 Å². The Balaban J connectivity index is 2.61. The van der Waals surface area contributed by atoms with E-state index in [1.165, 1.54) is 19.2 Å². The van der Waals surface area contributed by atoms with Crippen LogP contribution in [0.15, 0.2) is 47.4 Å². The summed E-state index contributed by atoms with van der Waals surface area (Å²) < 4.78 is 40.1. The summed E-state index contributed by atoms with van der Waals surface area (Å²) >= 11 is 5.90. The molecule has 2 rings (SSSR count). The van der Waals surface area contributed by atoms with Crippen molar-refractivity contribution < 1.29 is 17.6 Å². The normalized spacial score (nSPS) is 10.8. The first-order valence-corrected chi connectivity index (χ1v) is 8.86. The van der Waals surface area contributed by atoms with Crippen LogP contribution in [0.4, 0.5) is 10.1 Å². The highest BCUT2D eigenvalue weighted by Gasteiger charge is 2.29. The molecule has 25 heavy (non-hydrogen) atoms. The van der Waals surface area contributed by atoms with Crippen molar-refractivity contribution >= 4 is 33.2 Å². The van der Waals surface area contributed by atoms with Crippen LogP contribution in [-0.4, -0.2) is 27.9 Å². The van der Waals surface area contributed by atoms with Gasteiger partial charge in [-0.1, -0.05) is 23.6 Å². The molecule has 0 bridgehead atoms. The maximum atomic E-state index is 13.2. The van der Waals surface area contributed by atoms with Crippen molar-refractivity contribution in [2.24, 2.45) is 0 Å². The van der Waals surface area contributed by atoms with E-state index < -0.39 is 28.3 Å². The van der Waals surface area contributed by atoms with Crippen LogP contribution >= 0.6 is 11.6 Å². The van der Waals surface area contributed by atoms with Gasteiger partial charge >= 0.3 is 0 Å². The molecule has 1 N–H and O–H groups in total. The molecule has 0 aromatic heterocycles. The lowest BCUT2D eigenvalue weighted by Crippen LogP contribution is -2.39. The fourth-order valence-electron chi connectivity index (χ4n) is 2.08. The summed E-state index contributed by atoms with van der Waals surface area (Å²) in [5.41, 5.74) is 0.638. The third kappa shape index (κ3) is 4.10. The number of nitrogens with zero attached hydrogens (tertiary/aromatic N) is 1. The summed E-state index contributed by atoms with van der Waals surface area (Å²) in [6.07, 6.45) is 5.35.